The van der Waals surface area contributed by atoms with E-state index in [-0.39, 0.29) is 5.41 Å². The highest BCUT2D eigenvalue weighted by Crippen LogP contribution is 2.51. The SMILES string of the molecule is CC1(C)c2ccccc2-c2cc3c4ccccc4n(-c4nc(-c5ccc(-n6c7ccccc7c7cc(-c8ccc9c(c8)c8ccccc8n9-c8ccccc8)ccc76)cc5)c5ccccc5n4)c3cc21. The van der Waals surface area contributed by atoms with E-state index in [0.717, 1.165) is 44.6 Å². The van der Waals surface area contributed by atoms with Crippen LogP contribution in [0.15, 0.2) is 224 Å². The molecule has 1 aliphatic rings. The lowest BCUT2D eigenvalue weighted by atomic mass is 9.82. The molecule has 4 aromatic heterocycles. The fourth-order valence-corrected chi connectivity index (χ4v) is 12.0. The third-order valence-electron chi connectivity index (χ3n) is 15.3. The lowest BCUT2D eigenvalue weighted by molar-refractivity contribution is 0.661. The van der Waals surface area contributed by atoms with Gasteiger partial charge in [0.1, 0.15) is 0 Å². The summed E-state index contributed by atoms with van der Waals surface area (Å²) in [4.78, 5) is 10.8. The first-order chi connectivity index (χ1) is 34.5. The second kappa shape index (κ2) is 14.5. The Bertz CT molecular complexity index is 4490. The molecule has 15 rings (SSSR count). The summed E-state index contributed by atoms with van der Waals surface area (Å²) in [5, 5.41) is 8.36. The molecular formula is C65H43N5. The molecular weight excluding hydrogens is 851 g/mol. The van der Waals surface area contributed by atoms with Crippen molar-refractivity contribution in [1.29, 1.82) is 0 Å². The summed E-state index contributed by atoms with van der Waals surface area (Å²) in [5.74, 6) is 0.663. The number of hydrogen-bond acceptors (Lipinski definition) is 2. The van der Waals surface area contributed by atoms with Crippen LogP contribution in [0.5, 0.6) is 0 Å². The lowest BCUT2D eigenvalue weighted by Crippen LogP contribution is -2.15. The van der Waals surface area contributed by atoms with Crippen molar-refractivity contribution in [2.45, 2.75) is 19.3 Å². The minimum Gasteiger partial charge on any atom is -0.309 e. The molecule has 0 bridgehead atoms. The second-order valence-corrected chi connectivity index (χ2v) is 19.4. The van der Waals surface area contributed by atoms with Crippen LogP contribution in [0.2, 0.25) is 0 Å². The van der Waals surface area contributed by atoms with Gasteiger partial charge >= 0.3 is 0 Å². The van der Waals surface area contributed by atoms with Crippen molar-refractivity contribution in [2.24, 2.45) is 0 Å². The van der Waals surface area contributed by atoms with Gasteiger partial charge in [0.25, 0.3) is 0 Å². The Hall–Kier alpha value is -9.06. The smallest absolute Gasteiger partial charge is 0.235 e. The van der Waals surface area contributed by atoms with Crippen LogP contribution in [0.25, 0.3) is 127 Å². The quantitative estimate of drug-likeness (QED) is 0.173. The number of hydrogen-bond donors (Lipinski definition) is 0. The first-order valence-electron chi connectivity index (χ1n) is 24.2. The predicted octanol–water partition coefficient (Wildman–Crippen LogP) is 16.6. The van der Waals surface area contributed by atoms with Crippen molar-refractivity contribution in [3.63, 3.8) is 0 Å². The Kier molecular flexibility index (Phi) is 8.06. The van der Waals surface area contributed by atoms with Gasteiger partial charge in [-0.1, -0.05) is 153 Å². The van der Waals surface area contributed by atoms with Crippen molar-refractivity contribution in [3.05, 3.63) is 236 Å². The summed E-state index contributed by atoms with van der Waals surface area (Å²) in [6.45, 7) is 4.69. The summed E-state index contributed by atoms with van der Waals surface area (Å²) < 4.78 is 7.05. The van der Waals surface area contributed by atoms with Crippen molar-refractivity contribution in [1.82, 2.24) is 23.7 Å². The van der Waals surface area contributed by atoms with E-state index in [1.54, 1.807) is 0 Å². The van der Waals surface area contributed by atoms with Crippen LogP contribution in [0.4, 0.5) is 0 Å². The van der Waals surface area contributed by atoms with Gasteiger partial charge in [-0.05, 0) is 118 Å². The van der Waals surface area contributed by atoms with Crippen LogP contribution in [0.1, 0.15) is 25.0 Å². The summed E-state index contributed by atoms with van der Waals surface area (Å²) >= 11 is 0. The molecule has 328 valence electrons. The molecule has 4 heterocycles. The Morgan fingerprint density at radius 1 is 0.314 bits per heavy atom. The summed E-state index contributed by atoms with van der Waals surface area (Å²) in [7, 11) is 0. The number of para-hydroxylation sites is 5. The highest BCUT2D eigenvalue weighted by Gasteiger charge is 2.36. The molecule has 0 fully saturated rings. The minimum atomic E-state index is -0.140. The minimum absolute atomic E-state index is 0.140. The molecule has 70 heavy (non-hydrogen) atoms. The predicted molar refractivity (Wildman–Crippen MR) is 291 cm³/mol. The Balaban J connectivity index is 0.852. The van der Waals surface area contributed by atoms with Gasteiger partial charge in [0.05, 0.1) is 44.3 Å². The first kappa shape index (κ1) is 39.0. The maximum absolute atomic E-state index is 5.51. The van der Waals surface area contributed by atoms with Crippen LogP contribution >= 0.6 is 0 Å². The van der Waals surface area contributed by atoms with Crippen LogP contribution in [0.3, 0.4) is 0 Å². The molecule has 0 N–H and O–H groups in total. The van der Waals surface area contributed by atoms with Crippen LogP contribution in [0, 0.1) is 0 Å². The standard InChI is InChI=1S/C65H43N5/c1-65(2)54-23-11-6-18-45(54)50-38-53-48-21-10-15-27-59(48)70(62(53)39-55(50)65)64-66-56-24-12-7-22-49(56)63(67-64)40-28-32-44(33-29-40)69-58-26-14-9-20-47(58)52-37-42(31-35-61(52)69)41-30-34-60-51(36-41)46-19-8-13-25-57(46)68(60)43-16-4-3-5-17-43/h3-39H,1-2H3. The molecule has 0 radical (unpaired) electrons. The number of benzene rings is 10. The zero-order valence-electron chi connectivity index (χ0n) is 38.6. The van der Waals surface area contributed by atoms with Gasteiger partial charge in [-0.3, -0.25) is 4.57 Å². The van der Waals surface area contributed by atoms with E-state index >= 15 is 0 Å². The molecule has 5 heteroatoms. The van der Waals surface area contributed by atoms with Gasteiger partial charge in [0.2, 0.25) is 5.95 Å². The van der Waals surface area contributed by atoms with E-state index in [0.29, 0.717) is 5.95 Å². The van der Waals surface area contributed by atoms with E-state index in [1.807, 2.05) is 0 Å². The summed E-state index contributed by atoms with van der Waals surface area (Å²) in [6.07, 6.45) is 0. The highest BCUT2D eigenvalue weighted by atomic mass is 15.2. The van der Waals surface area contributed by atoms with E-state index < -0.39 is 0 Å². The lowest BCUT2D eigenvalue weighted by Gasteiger charge is -2.21. The molecule has 1 aliphatic carbocycles. The van der Waals surface area contributed by atoms with E-state index in [4.69, 9.17) is 9.97 Å². The Morgan fingerprint density at radius 3 is 1.44 bits per heavy atom. The molecule has 0 aliphatic heterocycles. The van der Waals surface area contributed by atoms with Gasteiger partial charge in [-0.15, -0.1) is 0 Å². The average Bonchev–Trinajstić information content (AvgIpc) is 4.11. The molecule has 0 saturated heterocycles. The van der Waals surface area contributed by atoms with Crippen molar-refractivity contribution >= 4 is 76.3 Å². The largest absolute Gasteiger partial charge is 0.309 e. The molecule has 14 aromatic rings. The van der Waals surface area contributed by atoms with Gasteiger partial charge in [-0.25, -0.2) is 9.97 Å². The van der Waals surface area contributed by atoms with Gasteiger partial charge in [0, 0.05) is 60.1 Å². The molecule has 5 nitrogen and oxygen atoms in total. The second-order valence-electron chi connectivity index (χ2n) is 19.4. The van der Waals surface area contributed by atoms with E-state index in [9.17, 15) is 0 Å². The normalized spacial score (nSPS) is 13.1. The van der Waals surface area contributed by atoms with Gasteiger partial charge in [-0.2, -0.15) is 0 Å². The van der Waals surface area contributed by atoms with Crippen molar-refractivity contribution < 1.29 is 0 Å². The zero-order chi connectivity index (χ0) is 46.2. The molecule has 0 atom stereocenters. The fourth-order valence-electron chi connectivity index (χ4n) is 12.0. The topological polar surface area (TPSA) is 40.6 Å². The van der Waals surface area contributed by atoms with Crippen LogP contribution < -0.4 is 0 Å². The number of nitrogens with zero attached hydrogens (tertiary/aromatic N) is 5. The third-order valence-corrected chi connectivity index (χ3v) is 15.3. The van der Waals surface area contributed by atoms with Gasteiger partial charge in [0.15, 0.2) is 0 Å². The van der Waals surface area contributed by atoms with E-state index in [1.165, 1.54) is 87.8 Å². The van der Waals surface area contributed by atoms with Gasteiger partial charge < -0.3 is 9.13 Å². The molecule has 0 amide bonds. The first-order valence-corrected chi connectivity index (χ1v) is 24.2. The van der Waals surface area contributed by atoms with Crippen molar-refractivity contribution in [3.8, 4) is 50.8 Å². The fraction of sp³-hybridized carbons (Fsp3) is 0.0462. The van der Waals surface area contributed by atoms with Crippen LogP contribution in [-0.4, -0.2) is 23.7 Å². The monoisotopic (exact) mass is 893 g/mol. The maximum Gasteiger partial charge on any atom is 0.235 e. The average molecular weight is 894 g/mol. The molecule has 0 saturated carbocycles. The summed E-state index contributed by atoms with van der Waals surface area (Å²) in [5.41, 5.74) is 19.6. The number of rotatable bonds is 5. The molecule has 0 unspecified atom stereocenters. The maximum atomic E-state index is 5.51. The Morgan fingerprint density at radius 2 is 0.800 bits per heavy atom. The van der Waals surface area contributed by atoms with E-state index in [2.05, 4.69) is 252 Å². The molecule has 10 aromatic carbocycles. The Labute approximate surface area is 403 Å². The number of aromatic nitrogens is 5. The molecule has 0 spiro atoms. The highest BCUT2D eigenvalue weighted by molar-refractivity contribution is 6.14. The van der Waals surface area contributed by atoms with Crippen LogP contribution in [-0.2, 0) is 5.41 Å². The number of fused-ring (bicyclic) bond motifs is 13. The zero-order valence-corrected chi connectivity index (χ0v) is 38.6. The summed E-state index contributed by atoms with van der Waals surface area (Å²) in [6, 6.07) is 81.7. The third kappa shape index (κ3) is 5.48. The van der Waals surface area contributed by atoms with Crippen molar-refractivity contribution in [2.75, 3.05) is 0 Å².